The minimum absolute atomic E-state index is 0.0244. The molecule has 0 spiro atoms. The number of carboxylic acids is 2. The van der Waals surface area contributed by atoms with Gasteiger partial charge in [-0.3, -0.25) is 9.59 Å². The standard InChI is InChI=1S/C22H30O6/c1-13(12-28-14(2)23)16-6-7-18-17-5-4-15(19(24)25)8-9-21(17,3)10-11-22(16,18)20(26)27/h4-5,8,13,16-18H,6-7,9-12H2,1-3H3,(H,24,25)(H,26,27)/t13-,16+,17-,18-,21+,22-/m0/s1. The van der Waals surface area contributed by atoms with Crippen molar-refractivity contribution in [2.45, 2.75) is 52.9 Å². The zero-order valence-electron chi connectivity index (χ0n) is 16.8. The summed E-state index contributed by atoms with van der Waals surface area (Å²) in [6, 6.07) is 0. The molecule has 0 bridgehead atoms. The molecule has 0 aliphatic heterocycles. The molecular weight excluding hydrogens is 360 g/mol. The monoisotopic (exact) mass is 390 g/mol. The van der Waals surface area contributed by atoms with Crippen molar-refractivity contribution in [3.63, 3.8) is 0 Å². The molecule has 28 heavy (non-hydrogen) atoms. The van der Waals surface area contributed by atoms with E-state index in [9.17, 15) is 24.6 Å². The van der Waals surface area contributed by atoms with Gasteiger partial charge in [0.15, 0.2) is 0 Å². The molecule has 6 heteroatoms. The van der Waals surface area contributed by atoms with Gasteiger partial charge in [0.25, 0.3) is 0 Å². The van der Waals surface area contributed by atoms with E-state index >= 15 is 0 Å². The first kappa shape index (κ1) is 20.6. The largest absolute Gasteiger partial charge is 0.481 e. The topological polar surface area (TPSA) is 101 Å². The van der Waals surface area contributed by atoms with Crippen LogP contribution in [0, 0.1) is 34.5 Å². The first-order valence-corrected chi connectivity index (χ1v) is 10.1. The summed E-state index contributed by atoms with van der Waals surface area (Å²) in [7, 11) is 0. The molecule has 2 saturated carbocycles. The molecule has 3 aliphatic rings. The minimum Gasteiger partial charge on any atom is -0.481 e. The van der Waals surface area contributed by atoms with E-state index in [-0.39, 0.29) is 47.2 Å². The van der Waals surface area contributed by atoms with Crippen LogP contribution >= 0.6 is 0 Å². The molecule has 2 N–H and O–H groups in total. The quantitative estimate of drug-likeness (QED) is 0.695. The Morgan fingerprint density at radius 3 is 2.57 bits per heavy atom. The molecule has 3 rings (SSSR count). The maximum absolute atomic E-state index is 12.6. The Bertz CT molecular complexity index is 737. The zero-order chi connectivity index (χ0) is 20.7. The summed E-state index contributed by atoms with van der Waals surface area (Å²) in [6.07, 6.45) is 8.95. The lowest BCUT2D eigenvalue weighted by Crippen LogP contribution is -2.52. The number of carbonyl (C=O) groups is 3. The van der Waals surface area contributed by atoms with Crippen LogP contribution in [0.4, 0.5) is 0 Å². The van der Waals surface area contributed by atoms with Crippen LogP contribution in [-0.2, 0) is 19.1 Å². The summed E-state index contributed by atoms with van der Waals surface area (Å²) in [5, 5.41) is 19.7. The summed E-state index contributed by atoms with van der Waals surface area (Å²) in [4.78, 5) is 35.3. The van der Waals surface area contributed by atoms with Gasteiger partial charge < -0.3 is 14.9 Å². The van der Waals surface area contributed by atoms with Crippen LogP contribution in [0.3, 0.4) is 0 Å². The first-order valence-electron chi connectivity index (χ1n) is 10.1. The van der Waals surface area contributed by atoms with E-state index in [4.69, 9.17) is 4.74 Å². The number of allylic oxidation sites excluding steroid dienone is 2. The van der Waals surface area contributed by atoms with Gasteiger partial charge in [-0.1, -0.05) is 32.1 Å². The Morgan fingerprint density at radius 2 is 1.96 bits per heavy atom. The van der Waals surface area contributed by atoms with E-state index in [2.05, 4.69) is 6.92 Å². The van der Waals surface area contributed by atoms with Crippen molar-refractivity contribution in [2.75, 3.05) is 6.61 Å². The number of esters is 1. The Balaban J connectivity index is 1.94. The molecule has 3 aliphatic carbocycles. The van der Waals surface area contributed by atoms with Gasteiger partial charge in [0.2, 0.25) is 0 Å². The highest BCUT2D eigenvalue weighted by molar-refractivity contribution is 5.90. The van der Waals surface area contributed by atoms with Crippen LogP contribution in [-0.4, -0.2) is 34.7 Å². The molecular formula is C22H30O6. The molecule has 6 nitrogen and oxygen atoms in total. The molecule has 0 radical (unpaired) electrons. The predicted molar refractivity (Wildman–Crippen MR) is 102 cm³/mol. The lowest BCUT2D eigenvalue weighted by Gasteiger charge is -2.52. The predicted octanol–water partition coefficient (Wildman–Crippen LogP) is 3.67. The molecule has 0 heterocycles. The SMILES string of the molecule is CC(=O)OC[C@H](C)[C@H]1CC[C@H]2[C@@H]3C=CC(C(=O)O)=CC[C@]3(C)CC[C@]12C(=O)O. The summed E-state index contributed by atoms with van der Waals surface area (Å²) in [5.41, 5.74) is -0.693. The van der Waals surface area contributed by atoms with Crippen molar-refractivity contribution < 1.29 is 29.3 Å². The van der Waals surface area contributed by atoms with Gasteiger partial charge >= 0.3 is 17.9 Å². The van der Waals surface area contributed by atoms with E-state index in [1.165, 1.54) is 6.92 Å². The second kappa shape index (κ2) is 7.37. The van der Waals surface area contributed by atoms with Gasteiger partial charge in [-0.2, -0.15) is 0 Å². The Kier molecular flexibility index (Phi) is 5.43. The number of hydrogen-bond donors (Lipinski definition) is 2. The fraction of sp³-hybridized carbons (Fsp3) is 0.682. The molecule has 0 aromatic carbocycles. The Morgan fingerprint density at radius 1 is 1.25 bits per heavy atom. The van der Waals surface area contributed by atoms with Crippen LogP contribution in [0.1, 0.15) is 52.9 Å². The van der Waals surface area contributed by atoms with E-state index in [1.54, 1.807) is 12.2 Å². The average molecular weight is 390 g/mol. The van der Waals surface area contributed by atoms with E-state index in [0.29, 0.717) is 12.8 Å². The third-order valence-electron chi connectivity index (χ3n) is 7.61. The van der Waals surface area contributed by atoms with Crippen molar-refractivity contribution >= 4 is 17.9 Å². The number of hydrogen-bond acceptors (Lipinski definition) is 4. The Hall–Kier alpha value is -2.11. The molecule has 0 saturated heterocycles. The fourth-order valence-corrected chi connectivity index (χ4v) is 6.13. The van der Waals surface area contributed by atoms with Crippen molar-refractivity contribution in [3.8, 4) is 0 Å². The second-order valence-electron chi connectivity index (χ2n) is 9.12. The smallest absolute Gasteiger partial charge is 0.335 e. The molecule has 154 valence electrons. The van der Waals surface area contributed by atoms with Crippen LogP contribution in [0.5, 0.6) is 0 Å². The zero-order valence-corrected chi connectivity index (χ0v) is 16.8. The first-order chi connectivity index (χ1) is 13.1. The summed E-state index contributed by atoms with van der Waals surface area (Å²) in [6.45, 7) is 5.74. The maximum atomic E-state index is 12.6. The molecule has 0 amide bonds. The number of fused-ring (bicyclic) bond motifs is 3. The number of carbonyl (C=O) groups excluding carboxylic acids is 1. The summed E-state index contributed by atoms with van der Waals surface area (Å²) >= 11 is 0. The molecule has 0 aromatic rings. The van der Waals surface area contributed by atoms with Crippen LogP contribution in [0.15, 0.2) is 23.8 Å². The lowest BCUT2D eigenvalue weighted by atomic mass is 9.50. The van der Waals surface area contributed by atoms with E-state index in [1.807, 2.05) is 13.0 Å². The van der Waals surface area contributed by atoms with Crippen LogP contribution < -0.4 is 0 Å². The Labute approximate surface area is 165 Å². The molecule has 0 unspecified atom stereocenters. The molecule has 6 atom stereocenters. The maximum Gasteiger partial charge on any atom is 0.335 e. The van der Waals surface area contributed by atoms with Gasteiger partial charge in [-0.25, -0.2) is 4.79 Å². The summed E-state index contributed by atoms with van der Waals surface area (Å²) < 4.78 is 5.19. The van der Waals surface area contributed by atoms with Crippen molar-refractivity contribution in [3.05, 3.63) is 23.8 Å². The minimum atomic E-state index is -0.942. The van der Waals surface area contributed by atoms with Crippen LogP contribution in [0.25, 0.3) is 0 Å². The summed E-state index contributed by atoms with van der Waals surface area (Å²) in [5.74, 6) is -2.15. The number of rotatable bonds is 5. The van der Waals surface area contributed by atoms with Gasteiger partial charge in [-0.15, -0.1) is 0 Å². The highest BCUT2D eigenvalue weighted by Gasteiger charge is 2.63. The van der Waals surface area contributed by atoms with E-state index < -0.39 is 17.4 Å². The number of ether oxygens (including phenoxy) is 1. The van der Waals surface area contributed by atoms with Gasteiger partial charge in [0, 0.05) is 6.92 Å². The number of carboxylic acid groups (broad SMARTS) is 2. The van der Waals surface area contributed by atoms with Gasteiger partial charge in [0.05, 0.1) is 17.6 Å². The highest BCUT2D eigenvalue weighted by atomic mass is 16.5. The van der Waals surface area contributed by atoms with Crippen molar-refractivity contribution in [1.82, 2.24) is 0 Å². The molecule has 2 fully saturated rings. The number of aliphatic carboxylic acids is 2. The molecule has 0 aromatic heterocycles. The third kappa shape index (κ3) is 3.27. The van der Waals surface area contributed by atoms with E-state index in [0.717, 1.165) is 19.3 Å². The van der Waals surface area contributed by atoms with Gasteiger partial charge in [-0.05, 0) is 61.2 Å². The third-order valence-corrected chi connectivity index (χ3v) is 7.61. The normalized spacial score (nSPS) is 37.8. The lowest BCUT2D eigenvalue weighted by molar-refractivity contribution is -0.165. The highest BCUT2D eigenvalue weighted by Crippen LogP contribution is 2.65. The van der Waals surface area contributed by atoms with Crippen molar-refractivity contribution in [1.29, 1.82) is 0 Å². The average Bonchev–Trinajstić information content (AvgIpc) is 2.92. The van der Waals surface area contributed by atoms with Gasteiger partial charge in [0.1, 0.15) is 0 Å². The van der Waals surface area contributed by atoms with Crippen molar-refractivity contribution in [2.24, 2.45) is 34.5 Å². The van der Waals surface area contributed by atoms with Crippen LogP contribution in [0.2, 0.25) is 0 Å². The second-order valence-corrected chi connectivity index (χ2v) is 9.12. The fourth-order valence-electron chi connectivity index (χ4n) is 6.13.